The maximum absolute atomic E-state index is 11.8. The molecule has 0 atom stereocenters. The summed E-state index contributed by atoms with van der Waals surface area (Å²) in [5.74, 6) is 5.76. The van der Waals surface area contributed by atoms with E-state index in [9.17, 15) is 4.79 Å². The molecule has 0 aliphatic heterocycles. The van der Waals surface area contributed by atoms with Crippen molar-refractivity contribution in [3.63, 3.8) is 0 Å². The first-order valence-corrected chi connectivity index (χ1v) is 5.95. The molecule has 1 aromatic carbocycles. The molecule has 0 fully saturated rings. The monoisotopic (exact) mass is 245 g/mol. The van der Waals surface area contributed by atoms with Gasteiger partial charge in [0.1, 0.15) is 0 Å². The lowest BCUT2D eigenvalue weighted by Gasteiger charge is -2.17. The van der Waals surface area contributed by atoms with E-state index in [1.165, 1.54) is 0 Å². The minimum absolute atomic E-state index is 0.0250. The summed E-state index contributed by atoms with van der Waals surface area (Å²) in [6, 6.07) is 7.38. The third-order valence-electron chi connectivity index (χ3n) is 2.27. The Morgan fingerprint density at radius 2 is 2.11 bits per heavy atom. The van der Waals surface area contributed by atoms with E-state index in [2.05, 4.69) is 17.2 Å². The Bertz CT molecular complexity index is 475. The van der Waals surface area contributed by atoms with Crippen molar-refractivity contribution in [2.45, 2.75) is 27.2 Å². The van der Waals surface area contributed by atoms with Gasteiger partial charge in [-0.15, -0.1) is 0 Å². The minimum atomic E-state index is -0.418. The van der Waals surface area contributed by atoms with Crippen LogP contribution >= 0.6 is 0 Å². The molecule has 0 radical (unpaired) electrons. The number of hydrogen-bond donors (Lipinski definition) is 2. The Labute approximate surface area is 108 Å². The van der Waals surface area contributed by atoms with Crippen LogP contribution in [-0.4, -0.2) is 17.6 Å². The van der Waals surface area contributed by atoms with Gasteiger partial charge in [-0.05, 0) is 18.2 Å². The Morgan fingerprint density at radius 3 is 2.72 bits per heavy atom. The number of aliphatic hydroxyl groups excluding tert-OH is 1. The van der Waals surface area contributed by atoms with Crippen LogP contribution in [0.2, 0.25) is 0 Å². The molecule has 1 rings (SSSR count). The second kappa shape index (κ2) is 6.23. The van der Waals surface area contributed by atoms with Gasteiger partial charge in [-0.2, -0.15) is 0 Å². The number of nitrogens with one attached hydrogen (secondary N) is 1. The number of carbonyl (C=O) groups is 1. The van der Waals surface area contributed by atoms with Crippen molar-refractivity contribution < 1.29 is 9.90 Å². The molecule has 96 valence electrons. The zero-order valence-electron chi connectivity index (χ0n) is 11.1. The summed E-state index contributed by atoms with van der Waals surface area (Å²) in [6.45, 7) is 5.67. The fourth-order valence-corrected chi connectivity index (χ4v) is 1.21. The smallest absolute Gasteiger partial charge is 0.229 e. The zero-order valence-corrected chi connectivity index (χ0v) is 11.1. The predicted molar refractivity (Wildman–Crippen MR) is 73.1 cm³/mol. The molecule has 0 aliphatic carbocycles. The molecule has 2 N–H and O–H groups in total. The van der Waals surface area contributed by atoms with Crippen LogP contribution in [0.1, 0.15) is 32.8 Å². The van der Waals surface area contributed by atoms with E-state index in [0.717, 1.165) is 11.3 Å². The summed E-state index contributed by atoms with van der Waals surface area (Å²) in [4.78, 5) is 11.8. The van der Waals surface area contributed by atoms with Gasteiger partial charge in [0.2, 0.25) is 5.91 Å². The van der Waals surface area contributed by atoms with Crippen molar-refractivity contribution in [2.24, 2.45) is 5.41 Å². The quantitative estimate of drug-likeness (QED) is 0.786. The third kappa shape index (κ3) is 4.60. The van der Waals surface area contributed by atoms with Crippen LogP contribution in [0.25, 0.3) is 0 Å². The molecule has 0 spiro atoms. The van der Waals surface area contributed by atoms with Crippen molar-refractivity contribution in [1.82, 2.24) is 0 Å². The standard InChI is InChI=1S/C15H19NO2/c1-15(2,3)14(18)16-13-9-6-8-12(11-13)7-4-5-10-17/h6,8-9,11,17H,5,10H2,1-3H3,(H,16,18). The van der Waals surface area contributed by atoms with E-state index >= 15 is 0 Å². The van der Waals surface area contributed by atoms with Gasteiger partial charge in [-0.1, -0.05) is 38.7 Å². The van der Waals surface area contributed by atoms with Crippen LogP contribution < -0.4 is 5.32 Å². The van der Waals surface area contributed by atoms with Gasteiger partial charge in [0, 0.05) is 23.1 Å². The highest BCUT2D eigenvalue weighted by atomic mass is 16.2. The van der Waals surface area contributed by atoms with E-state index in [1.54, 1.807) is 0 Å². The van der Waals surface area contributed by atoms with Crippen LogP contribution in [0.4, 0.5) is 5.69 Å². The maximum Gasteiger partial charge on any atom is 0.229 e. The fraction of sp³-hybridized carbons (Fsp3) is 0.400. The normalized spacial score (nSPS) is 10.4. The van der Waals surface area contributed by atoms with Crippen molar-refractivity contribution in [3.05, 3.63) is 29.8 Å². The SMILES string of the molecule is CC(C)(C)C(=O)Nc1cccc(C#CCCO)c1. The molecular formula is C15H19NO2. The number of aliphatic hydroxyl groups is 1. The molecular weight excluding hydrogens is 226 g/mol. The summed E-state index contributed by atoms with van der Waals surface area (Å²) < 4.78 is 0. The summed E-state index contributed by atoms with van der Waals surface area (Å²) in [5.41, 5.74) is 1.15. The average Bonchev–Trinajstić information content (AvgIpc) is 2.28. The highest BCUT2D eigenvalue weighted by molar-refractivity contribution is 5.94. The molecule has 3 nitrogen and oxygen atoms in total. The number of anilines is 1. The lowest BCUT2D eigenvalue weighted by Crippen LogP contribution is -2.27. The second-order valence-corrected chi connectivity index (χ2v) is 5.06. The lowest BCUT2D eigenvalue weighted by atomic mass is 9.95. The highest BCUT2D eigenvalue weighted by Crippen LogP contribution is 2.17. The number of carbonyl (C=O) groups excluding carboxylic acids is 1. The molecule has 18 heavy (non-hydrogen) atoms. The molecule has 1 aromatic rings. The predicted octanol–water partition coefficient (Wildman–Crippen LogP) is 2.41. The van der Waals surface area contributed by atoms with E-state index < -0.39 is 5.41 Å². The Hall–Kier alpha value is -1.79. The first-order valence-electron chi connectivity index (χ1n) is 5.95. The Balaban J connectivity index is 2.78. The van der Waals surface area contributed by atoms with Crippen LogP contribution in [0, 0.1) is 17.3 Å². The van der Waals surface area contributed by atoms with Gasteiger partial charge in [0.25, 0.3) is 0 Å². The number of amides is 1. The van der Waals surface area contributed by atoms with Gasteiger partial charge in [0.05, 0.1) is 6.61 Å². The molecule has 0 aliphatic rings. The number of benzene rings is 1. The van der Waals surface area contributed by atoms with E-state index in [1.807, 2.05) is 45.0 Å². The van der Waals surface area contributed by atoms with Crippen LogP contribution in [0.15, 0.2) is 24.3 Å². The Morgan fingerprint density at radius 1 is 1.39 bits per heavy atom. The molecule has 0 saturated heterocycles. The van der Waals surface area contributed by atoms with Gasteiger partial charge < -0.3 is 10.4 Å². The van der Waals surface area contributed by atoms with Crippen molar-refractivity contribution in [2.75, 3.05) is 11.9 Å². The summed E-state index contributed by atoms with van der Waals surface area (Å²) in [5, 5.41) is 11.5. The summed E-state index contributed by atoms with van der Waals surface area (Å²) in [6.07, 6.45) is 0.457. The zero-order chi connectivity index (χ0) is 13.6. The molecule has 0 bridgehead atoms. The topological polar surface area (TPSA) is 49.3 Å². The van der Waals surface area contributed by atoms with E-state index in [0.29, 0.717) is 6.42 Å². The molecule has 1 amide bonds. The van der Waals surface area contributed by atoms with Crippen molar-refractivity contribution in [1.29, 1.82) is 0 Å². The van der Waals surface area contributed by atoms with Gasteiger partial charge >= 0.3 is 0 Å². The average molecular weight is 245 g/mol. The minimum Gasteiger partial charge on any atom is -0.395 e. The molecule has 0 aromatic heterocycles. The maximum atomic E-state index is 11.8. The van der Waals surface area contributed by atoms with Crippen molar-refractivity contribution in [3.8, 4) is 11.8 Å². The van der Waals surface area contributed by atoms with Crippen LogP contribution in [0.3, 0.4) is 0 Å². The third-order valence-corrected chi connectivity index (χ3v) is 2.27. The number of hydrogen-bond acceptors (Lipinski definition) is 2. The summed E-state index contributed by atoms with van der Waals surface area (Å²) in [7, 11) is 0. The molecule has 3 heteroatoms. The highest BCUT2D eigenvalue weighted by Gasteiger charge is 2.20. The number of rotatable bonds is 2. The van der Waals surface area contributed by atoms with E-state index in [-0.39, 0.29) is 12.5 Å². The molecule has 0 unspecified atom stereocenters. The van der Waals surface area contributed by atoms with E-state index in [4.69, 9.17) is 5.11 Å². The largest absolute Gasteiger partial charge is 0.395 e. The second-order valence-electron chi connectivity index (χ2n) is 5.06. The van der Waals surface area contributed by atoms with Crippen LogP contribution in [0.5, 0.6) is 0 Å². The van der Waals surface area contributed by atoms with Gasteiger partial charge in [0.15, 0.2) is 0 Å². The Kier molecular flexibility index (Phi) is 4.94. The van der Waals surface area contributed by atoms with Gasteiger partial charge in [-0.25, -0.2) is 0 Å². The van der Waals surface area contributed by atoms with Gasteiger partial charge in [-0.3, -0.25) is 4.79 Å². The fourth-order valence-electron chi connectivity index (χ4n) is 1.21. The molecule has 0 heterocycles. The first-order chi connectivity index (χ1) is 8.43. The first kappa shape index (κ1) is 14.3. The van der Waals surface area contributed by atoms with Crippen molar-refractivity contribution >= 4 is 11.6 Å². The summed E-state index contributed by atoms with van der Waals surface area (Å²) >= 11 is 0. The van der Waals surface area contributed by atoms with Crippen LogP contribution in [-0.2, 0) is 4.79 Å². The molecule has 0 saturated carbocycles. The lowest BCUT2D eigenvalue weighted by molar-refractivity contribution is -0.123.